The van der Waals surface area contributed by atoms with Gasteiger partial charge in [-0.3, -0.25) is 13.9 Å². The van der Waals surface area contributed by atoms with Gasteiger partial charge in [-0.15, -0.1) is 0 Å². The number of hydrogen-bond acceptors (Lipinski definition) is 6. The van der Waals surface area contributed by atoms with Gasteiger partial charge in [0.2, 0.25) is 11.8 Å². The van der Waals surface area contributed by atoms with Crippen LogP contribution in [-0.2, 0) is 26.0 Å². The fourth-order valence-electron chi connectivity index (χ4n) is 4.27. The Bertz CT molecular complexity index is 1420. The molecule has 0 fully saturated rings. The minimum atomic E-state index is -4.23. The van der Waals surface area contributed by atoms with Gasteiger partial charge in [-0.25, -0.2) is 8.42 Å². The van der Waals surface area contributed by atoms with E-state index in [-0.39, 0.29) is 28.8 Å². The van der Waals surface area contributed by atoms with Crippen LogP contribution in [0.25, 0.3) is 0 Å². The first-order valence-corrected chi connectivity index (χ1v) is 14.8. The third kappa shape index (κ3) is 8.23. The van der Waals surface area contributed by atoms with Gasteiger partial charge >= 0.3 is 0 Å². The van der Waals surface area contributed by atoms with Crippen molar-refractivity contribution in [1.29, 1.82) is 0 Å². The highest BCUT2D eigenvalue weighted by Crippen LogP contribution is 2.35. The summed E-state index contributed by atoms with van der Waals surface area (Å²) in [4.78, 5) is 28.7. The molecule has 41 heavy (non-hydrogen) atoms. The van der Waals surface area contributed by atoms with E-state index < -0.39 is 34.1 Å². The molecular weight excluding hydrogens is 542 g/mol. The SMILES string of the molecule is COc1ccc(OC)c(N(CC(=O)N(CCc2ccccc2)C(C)C(=O)NC(C)(C)C)S(=O)(=O)c2ccccc2)c1. The highest BCUT2D eigenvalue weighted by Gasteiger charge is 2.34. The number of methoxy groups -OCH3 is 2. The summed E-state index contributed by atoms with van der Waals surface area (Å²) in [6.45, 7) is 6.86. The number of benzene rings is 3. The molecule has 3 aromatic rings. The van der Waals surface area contributed by atoms with Gasteiger partial charge < -0.3 is 19.7 Å². The van der Waals surface area contributed by atoms with Crippen LogP contribution in [0.5, 0.6) is 11.5 Å². The van der Waals surface area contributed by atoms with E-state index in [0.717, 1.165) is 9.87 Å². The van der Waals surface area contributed by atoms with E-state index in [1.165, 1.54) is 37.3 Å². The quantitative estimate of drug-likeness (QED) is 0.343. The van der Waals surface area contributed by atoms with Crippen LogP contribution in [0, 0.1) is 0 Å². The summed E-state index contributed by atoms with van der Waals surface area (Å²) < 4.78 is 39.9. The van der Waals surface area contributed by atoms with Crippen LogP contribution < -0.4 is 19.1 Å². The predicted octanol–water partition coefficient (Wildman–Crippen LogP) is 4.27. The van der Waals surface area contributed by atoms with Crippen LogP contribution in [-0.4, -0.2) is 64.0 Å². The summed E-state index contributed by atoms with van der Waals surface area (Å²) in [7, 11) is -1.34. The first-order chi connectivity index (χ1) is 19.4. The maximum Gasteiger partial charge on any atom is 0.264 e. The monoisotopic (exact) mass is 581 g/mol. The number of ether oxygens (including phenoxy) is 2. The molecule has 220 valence electrons. The fourth-order valence-corrected chi connectivity index (χ4v) is 5.71. The molecule has 1 atom stereocenters. The van der Waals surface area contributed by atoms with Crippen molar-refractivity contribution in [2.75, 3.05) is 31.6 Å². The van der Waals surface area contributed by atoms with Crippen molar-refractivity contribution >= 4 is 27.5 Å². The summed E-state index contributed by atoms with van der Waals surface area (Å²) in [5.74, 6) is -0.245. The minimum absolute atomic E-state index is 0.00651. The van der Waals surface area contributed by atoms with E-state index in [2.05, 4.69) is 5.32 Å². The largest absolute Gasteiger partial charge is 0.497 e. The van der Waals surface area contributed by atoms with Gasteiger partial charge in [0, 0.05) is 18.2 Å². The number of carbonyl (C=O) groups excluding carboxylic acids is 2. The molecule has 1 N–H and O–H groups in total. The number of rotatable bonds is 12. The second kappa shape index (κ2) is 13.5. The Morgan fingerprint density at radius 2 is 1.51 bits per heavy atom. The maximum absolute atomic E-state index is 14.1. The first kappa shape index (κ1) is 31.5. The minimum Gasteiger partial charge on any atom is -0.497 e. The molecule has 0 saturated carbocycles. The van der Waals surface area contributed by atoms with Gasteiger partial charge in [0.1, 0.15) is 24.1 Å². The van der Waals surface area contributed by atoms with Crippen molar-refractivity contribution in [3.63, 3.8) is 0 Å². The molecule has 0 bridgehead atoms. The Labute approximate surface area is 243 Å². The lowest BCUT2D eigenvalue weighted by molar-refractivity contribution is -0.139. The zero-order valence-electron chi connectivity index (χ0n) is 24.5. The van der Waals surface area contributed by atoms with E-state index >= 15 is 0 Å². The van der Waals surface area contributed by atoms with Crippen LogP contribution in [0.4, 0.5) is 5.69 Å². The van der Waals surface area contributed by atoms with Crippen molar-refractivity contribution in [3.8, 4) is 11.5 Å². The second-order valence-corrected chi connectivity index (χ2v) is 12.5. The van der Waals surface area contributed by atoms with Crippen molar-refractivity contribution in [2.45, 2.75) is 50.6 Å². The molecule has 1 unspecified atom stereocenters. The molecule has 0 aliphatic rings. The highest BCUT2D eigenvalue weighted by atomic mass is 32.2. The predicted molar refractivity (Wildman–Crippen MR) is 160 cm³/mol. The summed E-state index contributed by atoms with van der Waals surface area (Å²) in [5.41, 5.74) is 0.603. The van der Waals surface area contributed by atoms with Gasteiger partial charge in [-0.05, 0) is 63.9 Å². The van der Waals surface area contributed by atoms with Gasteiger partial charge in [0.05, 0.1) is 24.8 Å². The molecule has 10 heteroatoms. The number of sulfonamides is 1. The molecule has 3 rings (SSSR count). The average Bonchev–Trinajstić information content (AvgIpc) is 2.95. The second-order valence-electron chi connectivity index (χ2n) is 10.6. The van der Waals surface area contributed by atoms with Crippen molar-refractivity contribution in [2.24, 2.45) is 0 Å². The van der Waals surface area contributed by atoms with Gasteiger partial charge in [-0.2, -0.15) is 0 Å². The lowest BCUT2D eigenvalue weighted by Gasteiger charge is -2.33. The molecular formula is C31H39N3O6S. The van der Waals surface area contributed by atoms with Gasteiger partial charge in [0.15, 0.2) is 0 Å². The Morgan fingerprint density at radius 1 is 0.902 bits per heavy atom. The topological polar surface area (TPSA) is 105 Å². The number of carbonyl (C=O) groups is 2. The lowest BCUT2D eigenvalue weighted by atomic mass is 10.1. The van der Waals surface area contributed by atoms with Crippen molar-refractivity contribution in [1.82, 2.24) is 10.2 Å². The number of hydrogen-bond donors (Lipinski definition) is 1. The van der Waals surface area contributed by atoms with E-state index in [1.807, 2.05) is 51.1 Å². The molecule has 3 aromatic carbocycles. The molecule has 0 heterocycles. The zero-order valence-corrected chi connectivity index (χ0v) is 25.3. The smallest absolute Gasteiger partial charge is 0.264 e. The highest BCUT2D eigenvalue weighted by molar-refractivity contribution is 7.92. The van der Waals surface area contributed by atoms with Crippen LogP contribution in [0.3, 0.4) is 0 Å². The Morgan fingerprint density at radius 3 is 2.07 bits per heavy atom. The molecule has 0 aromatic heterocycles. The van der Waals surface area contributed by atoms with E-state index in [9.17, 15) is 18.0 Å². The summed E-state index contributed by atoms with van der Waals surface area (Å²) in [6.07, 6.45) is 0.480. The number of nitrogens with one attached hydrogen (secondary N) is 1. The molecule has 0 radical (unpaired) electrons. The number of anilines is 1. The lowest BCUT2D eigenvalue weighted by Crippen LogP contribution is -2.55. The third-order valence-electron chi connectivity index (χ3n) is 6.41. The number of amides is 2. The van der Waals surface area contributed by atoms with Crippen LogP contribution in [0.2, 0.25) is 0 Å². The van der Waals surface area contributed by atoms with Crippen LogP contribution in [0.15, 0.2) is 83.8 Å². The van der Waals surface area contributed by atoms with Gasteiger partial charge in [0.25, 0.3) is 10.0 Å². The van der Waals surface area contributed by atoms with Crippen LogP contribution >= 0.6 is 0 Å². The number of nitrogens with zero attached hydrogens (tertiary/aromatic N) is 2. The van der Waals surface area contributed by atoms with Crippen molar-refractivity contribution in [3.05, 3.63) is 84.4 Å². The van der Waals surface area contributed by atoms with Crippen LogP contribution in [0.1, 0.15) is 33.3 Å². The Hall–Kier alpha value is -4.05. The van der Waals surface area contributed by atoms with E-state index in [4.69, 9.17) is 9.47 Å². The van der Waals surface area contributed by atoms with Gasteiger partial charge in [-0.1, -0.05) is 48.5 Å². The summed E-state index contributed by atoms with van der Waals surface area (Å²) >= 11 is 0. The molecule has 0 spiro atoms. The van der Waals surface area contributed by atoms with E-state index in [0.29, 0.717) is 12.2 Å². The Balaban J connectivity index is 2.06. The molecule has 0 aliphatic heterocycles. The average molecular weight is 582 g/mol. The van der Waals surface area contributed by atoms with E-state index in [1.54, 1.807) is 37.3 Å². The van der Waals surface area contributed by atoms with Crippen molar-refractivity contribution < 1.29 is 27.5 Å². The normalized spacial score (nSPS) is 12.2. The Kier molecular flexibility index (Phi) is 10.4. The third-order valence-corrected chi connectivity index (χ3v) is 8.19. The first-order valence-electron chi connectivity index (χ1n) is 13.3. The molecule has 2 amide bonds. The summed E-state index contributed by atoms with van der Waals surface area (Å²) in [6, 6.07) is 21.3. The zero-order chi connectivity index (χ0) is 30.2. The standard InChI is InChI=1S/C31H39N3O6S/c1-23(30(36)32-31(2,3)4)33(20-19-24-13-9-7-10-14-24)29(35)22-34(41(37,38)26-15-11-8-12-16-26)27-21-25(39-5)17-18-28(27)40-6/h7-18,21,23H,19-20,22H2,1-6H3,(H,32,36). The maximum atomic E-state index is 14.1. The summed E-state index contributed by atoms with van der Waals surface area (Å²) in [5, 5.41) is 2.93. The molecule has 0 aliphatic carbocycles. The molecule has 0 saturated heterocycles. The molecule has 9 nitrogen and oxygen atoms in total. The fraction of sp³-hybridized carbons (Fsp3) is 0.355.